The van der Waals surface area contributed by atoms with Crippen molar-refractivity contribution >= 4 is 17.5 Å². The molecule has 1 fully saturated rings. The molecule has 20 heavy (non-hydrogen) atoms. The van der Waals surface area contributed by atoms with Gasteiger partial charge in [-0.2, -0.15) is 0 Å². The van der Waals surface area contributed by atoms with Crippen LogP contribution in [0.1, 0.15) is 18.4 Å². The number of primary amides is 1. The zero-order valence-corrected chi connectivity index (χ0v) is 12.2. The van der Waals surface area contributed by atoms with E-state index < -0.39 is 11.5 Å². The Morgan fingerprint density at radius 1 is 1.60 bits per heavy atom. The molecule has 3 N–H and O–H groups in total. The molecule has 110 valence electrons. The Morgan fingerprint density at radius 2 is 2.35 bits per heavy atom. The first kappa shape index (κ1) is 15.1. The molecular formula is C14H19ClN2O3. The fourth-order valence-electron chi connectivity index (χ4n) is 2.53. The number of benzene rings is 1. The van der Waals surface area contributed by atoms with Gasteiger partial charge in [0.1, 0.15) is 5.75 Å². The van der Waals surface area contributed by atoms with Crippen molar-refractivity contribution in [1.82, 2.24) is 4.90 Å². The van der Waals surface area contributed by atoms with Crippen LogP contribution in [-0.4, -0.2) is 41.7 Å². The molecule has 1 aromatic carbocycles. The Labute approximate surface area is 123 Å². The number of methoxy groups -OCH3 is 1. The maximum atomic E-state index is 11.3. The van der Waals surface area contributed by atoms with Gasteiger partial charge in [-0.05, 0) is 37.1 Å². The highest BCUT2D eigenvalue weighted by molar-refractivity contribution is 6.32. The van der Waals surface area contributed by atoms with E-state index in [4.69, 9.17) is 22.1 Å². The van der Waals surface area contributed by atoms with Crippen molar-refractivity contribution in [3.63, 3.8) is 0 Å². The molecule has 0 unspecified atom stereocenters. The van der Waals surface area contributed by atoms with Crippen molar-refractivity contribution in [2.45, 2.75) is 25.0 Å². The molecule has 1 aliphatic heterocycles. The third-order valence-electron chi connectivity index (χ3n) is 3.63. The van der Waals surface area contributed by atoms with Crippen LogP contribution < -0.4 is 10.5 Å². The predicted molar refractivity (Wildman–Crippen MR) is 76.7 cm³/mol. The fraction of sp³-hybridized carbons (Fsp3) is 0.500. The maximum absolute atomic E-state index is 11.3. The minimum atomic E-state index is -1.42. The smallest absolute Gasteiger partial charge is 0.250 e. The topological polar surface area (TPSA) is 75.8 Å². The van der Waals surface area contributed by atoms with Gasteiger partial charge >= 0.3 is 0 Å². The molecule has 1 saturated heterocycles. The SMILES string of the molecule is COc1ccc(CN2CCC[C@](O)(C(N)=O)C2)cc1Cl. The van der Waals surface area contributed by atoms with Crippen molar-refractivity contribution < 1.29 is 14.6 Å². The van der Waals surface area contributed by atoms with Gasteiger partial charge in [-0.1, -0.05) is 17.7 Å². The van der Waals surface area contributed by atoms with Crippen LogP contribution in [0.25, 0.3) is 0 Å². The molecule has 1 heterocycles. The van der Waals surface area contributed by atoms with Crippen molar-refractivity contribution in [2.75, 3.05) is 20.2 Å². The van der Waals surface area contributed by atoms with Crippen LogP contribution in [0.15, 0.2) is 18.2 Å². The van der Waals surface area contributed by atoms with E-state index in [0.717, 1.165) is 18.5 Å². The number of aliphatic hydroxyl groups is 1. The highest BCUT2D eigenvalue weighted by Gasteiger charge is 2.38. The van der Waals surface area contributed by atoms with Gasteiger partial charge in [0.2, 0.25) is 0 Å². The second kappa shape index (κ2) is 5.99. The van der Waals surface area contributed by atoms with E-state index in [0.29, 0.717) is 23.7 Å². The summed E-state index contributed by atoms with van der Waals surface area (Å²) in [6.07, 6.45) is 1.16. The monoisotopic (exact) mass is 298 g/mol. The summed E-state index contributed by atoms with van der Waals surface area (Å²) in [6.45, 7) is 1.69. The molecule has 1 amide bonds. The van der Waals surface area contributed by atoms with Crippen LogP contribution in [0.4, 0.5) is 0 Å². The summed E-state index contributed by atoms with van der Waals surface area (Å²) >= 11 is 6.09. The summed E-state index contributed by atoms with van der Waals surface area (Å²) in [7, 11) is 1.57. The lowest BCUT2D eigenvalue weighted by atomic mass is 9.92. The highest BCUT2D eigenvalue weighted by Crippen LogP contribution is 2.27. The van der Waals surface area contributed by atoms with Crippen LogP contribution in [0, 0.1) is 0 Å². The average Bonchev–Trinajstić information content (AvgIpc) is 2.39. The minimum Gasteiger partial charge on any atom is -0.495 e. The summed E-state index contributed by atoms with van der Waals surface area (Å²) in [6, 6.07) is 5.56. The number of amides is 1. The molecule has 0 radical (unpaired) electrons. The zero-order valence-electron chi connectivity index (χ0n) is 11.4. The number of rotatable bonds is 4. The standard InChI is InChI=1S/C14H19ClN2O3/c1-20-12-4-3-10(7-11(12)15)8-17-6-2-5-14(19,9-17)13(16)18/h3-4,7,19H,2,5-6,8-9H2,1H3,(H2,16,18)/t14-/m1/s1. The molecule has 0 aliphatic carbocycles. The number of piperidine rings is 1. The number of hydrogen-bond donors (Lipinski definition) is 2. The van der Waals surface area contributed by atoms with E-state index in [1.807, 2.05) is 23.1 Å². The van der Waals surface area contributed by atoms with E-state index >= 15 is 0 Å². The number of likely N-dealkylation sites (tertiary alicyclic amines) is 1. The van der Waals surface area contributed by atoms with E-state index in [1.54, 1.807) is 7.11 Å². The van der Waals surface area contributed by atoms with Gasteiger partial charge in [-0.15, -0.1) is 0 Å². The van der Waals surface area contributed by atoms with Gasteiger partial charge in [0.25, 0.3) is 5.91 Å². The number of halogens is 1. The molecule has 0 bridgehead atoms. The number of β-amino-alcohol motifs (C(OH)–C–C–N with tert-alkyl or cyclic N) is 1. The molecule has 1 aromatic rings. The summed E-state index contributed by atoms with van der Waals surface area (Å²) < 4.78 is 5.11. The Morgan fingerprint density at radius 3 is 2.95 bits per heavy atom. The largest absolute Gasteiger partial charge is 0.495 e. The molecule has 2 rings (SSSR count). The fourth-order valence-corrected chi connectivity index (χ4v) is 2.81. The Kier molecular flexibility index (Phi) is 4.52. The molecule has 5 nitrogen and oxygen atoms in total. The Hall–Kier alpha value is -1.30. The zero-order chi connectivity index (χ0) is 14.8. The second-order valence-corrected chi connectivity index (χ2v) is 5.59. The summed E-state index contributed by atoms with van der Waals surface area (Å²) in [5.74, 6) is -0.0299. The normalized spacial score (nSPS) is 23.6. The van der Waals surface area contributed by atoms with Gasteiger partial charge in [0.05, 0.1) is 12.1 Å². The number of carbonyl (C=O) groups is 1. The maximum Gasteiger partial charge on any atom is 0.250 e. The first-order chi connectivity index (χ1) is 9.44. The van der Waals surface area contributed by atoms with Gasteiger partial charge in [-0.3, -0.25) is 9.69 Å². The van der Waals surface area contributed by atoms with Gasteiger partial charge in [0.15, 0.2) is 5.60 Å². The first-order valence-electron chi connectivity index (χ1n) is 6.52. The van der Waals surface area contributed by atoms with E-state index in [2.05, 4.69) is 0 Å². The van der Waals surface area contributed by atoms with Gasteiger partial charge in [0, 0.05) is 13.1 Å². The number of nitrogens with two attached hydrogens (primary N) is 1. The molecule has 0 spiro atoms. The molecular weight excluding hydrogens is 280 g/mol. The third-order valence-corrected chi connectivity index (χ3v) is 3.93. The van der Waals surface area contributed by atoms with Gasteiger partial charge < -0.3 is 15.6 Å². The number of carbonyl (C=O) groups excluding carboxylic acids is 1. The lowest BCUT2D eigenvalue weighted by Gasteiger charge is -2.37. The lowest BCUT2D eigenvalue weighted by molar-refractivity contribution is -0.142. The molecule has 1 aliphatic rings. The summed E-state index contributed by atoms with van der Waals surface area (Å²) in [4.78, 5) is 13.3. The van der Waals surface area contributed by atoms with Gasteiger partial charge in [-0.25, -0.2) is 0 Å². The Bertz CT molecular complexity index is 509. The van der Waals surface area contributed by atoms with Crippen molar-refractivity contribution in [3.8, 4) is 5.75 Å². The first-order valence-corrected chi connectivity index (χ1v) is 6.89. The number of ether oxygens (including phenoxy) is 1. The van der Waals surface area contributed by atoms with Crippen molar-refractivity contribution in [3.05, 3.63) is 28.8 Å². The molecule has 6 heteroatoms. The van der Waals surface area contributed by atoms with Crippen LogP contribution >= 0.6 is 11.6 Å². The minimum absolute atomic E-state index is 0.256. The van der Waals surface area contributed by atoms with Crippen LogP contribution in [0.5, 0.6) is 5.75 Å². The van der Waals surface area contributed by atoms with Crippen LogP contribution in [0.3, 0.4) is 0 Å². The Balaban J connectivity index is 2.06. The van der Waals surface area contributed by atoms with E-state index in [1.165, 1.54) is 0 Å². The molecule has 0 aromatic heterocycles. The van der Waals surface area contributed by atoms with Crippen molar-refractivity contribution in [2.24, 2.45) is 5.73 Å². The van der Waals surface area contributed by atoms with E-state index in [9.17, 15) is 9.90 Å². The average molecular weight is 299 g/mol. The predicted octanol–water partition coefficient (Wildman–Crippen LogP) is 1.16. The highest BCUT2D eigenvalue weighted by atomic mass is 35.5. The number of hydrogen-bond acceptors (Lipinski definition) is 4. The van der Waals surface area contributed by atoms with Crippen LogP contribution in [0.2, 0.25) is 5.02 Å². The summed E-state index contributed by atoms with van der Waals surface area (Å²) in [5.41, 5.74) is 4.85. The second-order valence-electron chi connectivity index (χ2n) is 5.18. The third kappa shape index (κ3) is 3.23. The lowest BCUT2D eigenvalue weighted by Crippen LogP contribution is -2.55. The van der Waals surface area contributed by atoms with Crippen LogP contribution in [-0.2, 0) is 11.3 Å². The quantitative estimate of drug-likeness (QED) is 0.875. The number of nitrogens with zero attached hydrogens (tertiary/aromatic N) is 1. The summed E-state index contributed by atoms with van der Waals surface area (Å²) in [5, 5.41) is 10.7. The van der Waals surface area contributed by atoms with E-state index in [-0.39, 0.29) is 6.54 Å². The molecule has 0 saturated carbocycles. The van der Waals surface area contributed by atoms with Crippen molar-refractivity contribution in [1.29, 1.82) is 0 Å². The molecule has 1 atom stereocenters.